The van der Waals surface area contributed by atoms with Gasteiger partial charge in [-0.1, -0.05) is 38.1 Å². The van der Waals surface area contributed by atoms with E-state index in [4.69, 9.17) is 4.99 Å². The van der Waals surface area contributed by atoms with Gasteiger partial charge in [0.1, 0.15) is 0 Å². The minimum Gasteiger partial charge on any atom is -0.357 e. The van der Waals surface area contributed by atoms with Gasteiger partial charge in [0.25, 0.3) is 0 Å². The van der Waals surface area contributed by atoms with Crippen molar-refractivity contribution in [1.82, 2.24) is 15.5 Å². The third-order valence-electron chi connectivity index (χ3n) is 5.82. The molecular weight excluding hydrogens is 348 g/mol. The first-order chi connectivity index (χ1) is 13.5. The summed E-state index contributed by atoms with van der Waals surface area (Å²) in [5, 5.41) is 7.05. The third kappa shape index (κ3) is 5.98. The van der Waals surface area contributed by atoms with E-state index >= 15 is 0 Å². The quantitative estimate of drug-likeness (QED) is 0.581. The lowest BCUT2D eigenvalue weighted by atomic mass is 9.80. The highest BCUT2D eigenvalue weighted by molar-refractivity contribution is 5.80. The van der Waals surface area contributed by atoms with Crippen LogP contribution < -0.4 is 10.6 Å². The maximum Gasteiger partial charge on any atom is 0.222 e. The molecule has 0 aromatic heterocycles. The van der Waals surface area contributed by atoms with Crippen molar-refractivity contribution in [3.05, 3.63) is 35.4 Å². The van der Waals surface area contributed by atoms with E-state index in [0.29, 0.717) is 25.6 Å². The number of carbonyl (C=O) groups excluding carboxylic acids is 1. The van der Waals surface area contributed by atoms with E-state index in [1.165, 1.54) is 30.4 Å². The number of likely N-dealkylation sites (tertiary alicyclic amines) is 1. The highest BCUT2D eigenvalue weighted by Gasteiger charge is 2.24. The molecule has 2 atom stereocenters. The number of aliphatic imine (C=N–C) groups is 1. The zero-order valence-corrected chi connectivity index (χ0v) is 17.7. The van der Waals surface area contributed by atoms with Gasteiger partial charge in [0.15, 0.2) is 5.96 Å². The van der Waals surface area contributed by atoms with Gasteiger partial charge in [-0.2, -0.15) is 0 Å². The van der Waals surface area contributed by atoms with Crippen LogP contribution in [0.15, 0.2) is 29.3 Å². The van der Waals surface area contributed by atoms with Gasteiger partial charge in [-0.25, -0.2) is 4.99 Å². The molecule has 0 spiro atoms. The van der Waals surface area contributed by atoms with Crippen molar-refractivity contribution in [2.24, 2.45) is 16.8 Å². The summed E-state index contributed by atoms with van der Waals surface area (Å²) >= 11 is 0. The Morgan fingerprint density at radius 3 is 2.61 bits per heavy atom. The van der Waals surface area contributed by atoms with Crippen molar-refractivity contribution < 1.29 is 4.79 Å². The van der Waals surface area contributed by atoms with Gasteiger partial charge in [-0.15, -0.1) is 0 Å². The summed E-state index contributed by atoms with van der Waals surface area (Å²) < 4.78 is 0. The molecule has 0 bridgehead atoms. The predicted molar refractivity (Wildman–Crippen MR) is 115 cm³/mol. The second-order valence-electron chi connectivity index (χ2n) is 8.69. The average molecular weight is 385 g/mol. The van der Waals surface area contributed by atoms with E-state index in [9.17, 15) is 4.79 Å². The maximum atomic E-state index is 11.9. The van der Waals surface area contributed by atoms with Crippen LogP contribution in [0.25, 0.3) is 0 Å². The van der Waals surface area contributed by atoms with E-state index in [-0.39, 0.29) is 5.91 Å². The lowest BCUT2D eigenvalue weighted by Gasteiger charge is -2.32. The number of benzene rings is 1. The Morgan fingerprint density at radius 2 is 1.93 bits per heavy atom. The largest absolute Gasteiger partial charge is 0.357 e. The van der Waals surface area contributed by atoms with Crippen LogP contribution in [-0.2, 0) is 17.9 Å². The predicted octanol–water partition coefficient (Wildman–Crippen LogP) is 3.69. The summed E-state index contributed by atoms with van der Waals surface area (Å²) in [6.07, 6.45) is 5.44. The fourth-order valence-corrected chi connectivity index (χ4v) is 4.67. The Bertz CT molecular complexity index is 677. The minimum atomic E-state index is 0.276. The van der Waals surface area contributed by atoms with Crippen LogP contribution in [0, 0.1) is 11.8 Å². The standard InChI is InChI=1S/C23H36N4O/c1-4-24-23(26-21-12-17(2)11-18(3)13-21)25-15-19-7-5-8-20(14-19)16-27-10-6-9-22(27)28/h5,7-8,14,17-18,21H,4,6,9-13,15-16H2,1-3H3,(H2,24,25,26). The van der Waals surface area contributed by atoms with E-state index in [1.54, 1.807) is 0 Å². The Kier molecular flexibility index (Phi) is 7.35. The smallest absolute Gasteiger partial charge is 0.222 e. The Morgan fingerprint density at radius 1 is 1.18 bits per heavy atom. The Balaban J connectivity index is 1.60. The topological polar surface area (TPSA) is 56.7 Å². The number of hydrogen-bond acceptors (Lipinski definition) is 2. The summed E-state index contributed by atoms with van der Waals surface area (Å²) in [7, 11) is 0. The number of amides is 1. The average Bonchev–Trinajstić information content (AvgIpc) is 3.04. The second kappa shape index (κ2) is 9.94. The zero-order valence-electron chi connectivity index (χ0n) is 17.7. The molecule has 2 unspecified atom stereocenters. The normalized spacial score (nSPS) is 25.8. The van der Waals surface area contributed by atoms with Crippen LogP contribution in [0.5, 0.6) is 0 Å². The van der Waals surface area contributed by atoms with Crippen LogP contribution in [0.3, 0.4) is 0 Å². The molecule has 1 aliphatic carbocycles. The highest BCUT2D eigenvalue weighted by atomic mass is 16.2. The molecule has 1 aromatic rings. The summed E-state index contributed by atoms with van der Waals surface area (Å²) in [4.78, 5) is 18.7. The van der Waals surface area contributed by atoms with Gasteiger partial charge in [0, 0.05) is 32.1 Å². The van der Waals surface area contributed by atoms with Crippen molar-refractivity contribution in [3.8, 4) is 0 Å². The van der Waals surface area contributed by atoms with E-state index < -0.39 is 0 Å². The molecule has 1 aromatic carbocycles. The first-order valence-electron chi connectivity index (χ1n) is 10.9. The minimum absolute atomic E-state index is 0.276. The summed E-state index contributed by atoms with van der Waals surface area (Å²) in [5.74, 6) is 2.73. The molecular formula is C23H36N4O. The number of carbonyl (C=O) groups is 1. The second-order valence-corrected chi connectivity index (χ2v) is 8.69. The Hall–Kier alpha value is -2.04. The molecule has 1 aliphatic heterocycles. The van der Waals surface area contributed by atoms with Crippen molar-refractivity contribution in [2.75, 3.05) is 13.1 Å². The van der Waals surface area contributed by atoms with Gasteiger partial charge in [0.2, 0.25) is 5.91 Å². The molecule has 5 heteroatoms. The van der Waals surface area contributed by atoms with E-state index in [1.807, 2.05) is 4.90 Å². The molecule has 5 nitrogen and oxygen atoms in total. The van der Waals surface area contributed by atoms with Crippen LogP contribution in [0.4, 0.5) is 0 Å². The van der Waals surface area contributed by atoms with Gasteiger partial charge in [-0.05, 0) is 55.6 Å². The van der Waals surface area contributed by atoms with Gasteiger partial charge >= 0.3 is 0 Å². The third-order valence-corrected chi connectivity index (χ3v) is 5.82. The monoisotopic (exact) mass is 384 g/mol. The number of nitrogens with zero attached hydrogens (tertiary/aromatic N) is 2. The first-order valence-corrected chi connectivity index (χ1v) is 10.9. The highest BCUT2D eigenvalue weighted by Crippen LogP contribution is 2.28. The molecule has 1 heterocycles. The summed E-state index contributed by atoms with van der Waals surface area (Å²) in [5.41, 5.74) is 2.38. The molecule has 2 N–H and O–H groups in total. The number of guanidine groups is 1. The summed E-state index contributed by atoms with van der Waals surface area (Å²) in [6.45, 7) is 9.92. The molecule has 1 saturated carbocycles. The molecule has 3 rings (SSSR count). The van der Waals surface area contributed by atoms with Crippen LogP contribution in [-0.4, -0.2) is 35.9 Å². The fraction of sp³-hybridized carbons (Fsp3) is 0.652. The molecule has 154 valence electrons. The SMILES string of the molecule is CCNC(=NCc1cccc(CN2CCCC2=O)c1)NC1CC(C)CC(C)C1. The molecule has 1 saturated heterocycles. The summed E-state index contributed by atoms with van der Waals surface area (Å²) in [6, 6.07) is 8.99. The number of hydrogen-bond donors (Lipinski definition) is 2. The van der Waals surface area contributed by atoms with E-state index in [0.717, 1.165) is 37.3 Å². The van der Waals surface area contributed by atoms with Crippen molar-refractivity contribution in [3.63, 3.8) is 0 Å². The molecule has 1 amide bonds. The number of nitrogens with one attached hydrogen (secondary N) is 2. The fourth-order valence-electron chi connectivity index (χ4n) is 4.67. The van der Waals surface area contributed by atoms with Crippen LogP contribution in [0.2, 0.25) is 0 Å². The lowest BCUT2D eigenvalue weighted by Crippen LogP contribution is -2.46. The molecule has 0 radical (unpaired) electrons. The van der Waals surface area contributed by atoms with Gasteiger partial charge in [0.05, 0.1) is 6.54 Å². The Labute approximate surface area is 170 Å². The van der Waals surface area contributed by atoms with Crippen molar-refractivity contribution in [1.29, 1.82) is 0 Å². The first kappa shape index (κ1) is 20.7. The van der Waals surface area contributed by atoms with Gasteiger partial charge in [-0.3, -0.25) is 4.79 Å². The molecule has 2 aliphatic rings. The van der Waals surface area contributed by atoms with E-state index in [2.05, 4.69) is 55.7 Å². The van der Waals surface area contributed by atoms with Crippen LogP contribution >= 0.6 is 0 Å². The molecule has 28 heavy (non-hydrogen) atoms. The van der Waals surface area contributed by atoms with Crippen LogP contribution in [0.1, 0.15) is 64.0 Å². The van der Waals surface area contributed by atoms with Crippen molar-refractivity contribution >= 4 is 11.9 Å². The lowest BCUT2D eigenvalue weighted by molar-refractivity contribution is -0.128. The van der Waals surface area contributed by atoms with Crippen molar-refractivity contribution in [2.45, 2.75) is 72.0 Å². The zero-order chi connectivity index (χ0) is 19.9. The maximum absolute atomic E-state index is 11.9. The number of rotatable bonds is 6. The molecule has 2 fully saturated rings. The van der Waals surface area contributed by atoms with Gasteiger partial charge < -0.3 is 15.5 Å².